The van der Waals surface area contributed by atoms with E-state index in [2.05, 4.69) is 10.1 Å². The first-order valence-corrected chi connectivity index (χ1v) is 8.80. The molecule has 0 saturated heterocycles. The third-order valence-corrected chi connectivity index (χ3v) is 4.16. The number of rotatable bonds is 12. The van der Waals surface area contributed by atoms with E-state index in [4.69, 9.17) is 5.73 Å². The van der Waals surface area contributed by atoms with E-state index in [0.29, 0.717) is 43.5 Å². The van der Waals surface area contributed by atoms with E-state index in [1.54, 1.807) is 12.1 Å². The number of esters is 1. The minimum absolute atomic E-state index is 0.206. The summed E-state index contributed by atoms with van der Waals surface area (Å²) in [4.78, 5) is 21.8. The standard InChI is InChI=1S/C19H29FN2O3/c1-14(11-12-17(21)23)13-22-16-9-6-8-15(19(16)20)7-4-3-5-10-18(24)25-2/h6,8-9,14,22H,3-5,7,10-13H2,1-2H3,(H2,21,23)/t14-/m0/s1. The second-order valence-corrected chi connectivity index (χ2v) is 6.41. The molecule has 1 rings (SSSR count). The Balaban J connectivity index is 2.41. The van der Waals surface area contributed by atoms with Gasteiger partial charge in [0.2, 0.25) is 5.91 Å². The summed E-state index contributed by atoms with van der Waals surface area (Å²) < 4.78 is 19.1. The van der Waals surface area contributed by atoms with Crippen LogP contribution in [0.25, 0.3) is 0 Å². The molecule has 0 spiro atoms. The third kappa shape index (κ3) is 8.52. The van der Waals surface area contributed by atoms with Crippen molar-refractivity contribution in [2.75, 3.05) is 19.0 Å². The number of hydrogen-bond donors (Lipinski definition) is 2. The van der Waals surface area contributed by atoms with Crippen LogP contribution < -0.4 is 11.1 Å². The van der Waals surface area contributed by atoms with Gasteiger partial charge in [-0.15, -0.1) is 0 Å². The molecule has 0 heterocycles. The normalized spacial score (nSPS) is 11.8. The van der Waals surface area contributed by atoms with Gasteiger partial charge in [-0.25, -0.2) is 4.39 Å². The summed E-state index contributed by atoms with van der Waals surface area (Å²) in [6, 6.07) is 5.34. The molecule has 1 atom stereocenters. The van der Waals surface area contributed by atoms with Crippen molar-refractivity contribution in [2.24, 2.45) is 11.7 Å². The van der Waals surface area contributed by atoms with Gasteiger partial charge in [-0.1, -0.05) is 25.5 Å². The van der Waals surface area contributed by atoms with Gasteiger partial charge in [0.1, 0.15) is 5.82 Å². The Bertz CT molecular complexity index is 564. The van der Waals surface area contributed by atoms with E-state index in [0.717, 1.165) is 19.3 Å². The van der Waals surface area contributed by atoms with Crippen molar-refractivity contribution in [2.45, 2.75) is 51.9 Å². The van der Waals surface area contributed by atoms with Crippen LogP contribution in [0, 0.1) is 11.7 Å². The smallest absolute Gasteiger partial charge is 0.305 e. The van der Waals surface area contributed by atoms with Crippen molar-refractivity contribution < 1.29 is 18.7 Å². The number of ether oxygens (including phenoxy) is 1. The average molecular weight is 352 g/mol. The monoisotopic (exact) mass is 352 g/mol. The molecule has 0 aliphatic carbocycles. The van der Waals surface area contributed by atoms with E-state index in [1.807, 2.05) is 13.0 Å². The van der Waals surface area contributed by atoms with Crippen LogP contribution in [-0.4, -0.2) is 25.5 Å². The van der Waals surface area contributed by atoms with E-state index in [9.17, 15) is 14.0 Å². The number of aryl methyl sites for hydroxylation is 1. The lowest BCUT2D eigenvalue weighted by Gasteiger charge is -2.15. The maximum absolute atomic E-state index is 14.5. The number of nitrogens with two attached hydrogens (primary N) is 1. The van der Waals surface area contributed by atoms with Crippen LogP contribution in [0.4, 0.5) is 10.1 Å². The van der Waals surface area contributed by atoms with Gasteiger partial charge in [-0.2, -0.15) is 0 Å². The number of benzene rings is 1. The first-order chi connectivity index (χ1) is 11.9. The SMILES string of the molecule is COC(=O)CCCCCc1cccc(NC[C@@H](C)CCC(N)=O)c1F. The number of carbonyl (C=O) groups is 2. The summed E-state index contributed by atoms with van der Waals surface area (Å²) >= 11 is 0. The Hall–Kier alpha value is -2.11. The Morgan fingerprint density at radius 1 is 1.24 bits per heavy atom. The molecule has 6 heteroatoms. The van der Waals surface area contributed by atoms with Crippen molar-refractivity contribution in [3.05, 3.63) is 29.6 Å². The van der Waals surface area contributed by atoms with Crippen LogP contribution >= 0.6 is 0 Å². The van der Waals surface area contributed by atoms with Gasteiger partial charge in [0.15, 0.2) is 0 Å². The highest BCUT2D eigenvalue weighted by atomic mass is 19.1. The van der Waals surface area contributed by atoms with E-state index < -0.39 is 0 Å². The first-order valence-electron chi connectivity index (χ1n) is 8.80. The highest BCUT2D eigenvalue weighted by molar-refractivity contribution is 5.73. The summed E-state index contributed by atoms with van der Waals surface area (Å²) in [5.74, 6) is -0.512. The van der Waals surface area contributed by atoms with Crippen molar-refractivity contribution in [3.8, 4) is 0 Å². The van der Waals surface area contributed by atoms with Crippen molar-refractivity contribution >= 4 is 17.6 Å². The third-order valence-electron chi connectivity index (χ3n) is 4.16. The molecule has 3 N–H and O–H groups in total. The van der Waals surface area contributed by atoms with E-state index in [-0.39, 0.29) is 23.6 Å². The van der Waals surface area contributed by atoms with Crippen molar-refractivity contribution in [1.82, 2.24) is 0 Å². The van der Waals surface area contributed by atoms with Crippen LogP contribution in [0.5, 0.6) is 0 Å². The number of halogens is 1. The van der Waals surface area contributed by atoms with Gasteiger partial charge in [0.05, 0.1) is 12.8 Å². The van der Waals surface area contributed by atoms with Crippen LogP contribution in [0.1, 0.15) is 51.0 Å². The van der Waals surface area contributed by atoms with E-state index >= 15 is 0 Å². The summed E-state index contributed by atoms with van der Waals surface area (Å²) in [5.41, 5.74) is 6.30. The maximum Gasteiger partial charge on any atom is 0.305 e. The zero-order valence-electron chi connectivity index (χ0n) is 15.1. The largest absolute Gasteiger partial charge is 0.469 e. The van der Waals surface area contributed by atoms with Crippen molar-refractivity contribution in [1.29, 1.82) is 0 Å². The number of nitrogens with one attached hydrogen (secondary N) is 1. The molecular formula is C19H29FN2O3. The molecule has 5 nitrogen and oxygen atoms in total. The molecule has 1 aromatic rings. The molecule has 25 heavy (non-hydrogen) atoms. The fourth-order valence-electron chi connectivity index (χ4n) is 2.55. The van der Waals surface area contributed by atoms with Gasteiger partial charge < -0.3 is 15.8 Å². The number of hydrogen-bond acceptors (Lipinski definition) is 4. The lowest BCUT2D eigenvalue weighted by Crippen LogP contribution is -2.16. The predicted molar refractivity (Wildman–Crippen MR) is 96.7 cm³/mol. The molecule has 0 saturated carbocycles. The van der Waals surface area contributed by atoms with Gasteiger partial charge in [0, 0.05) is 19.4 Å². The van der Waals surface area contributed by atoms with Gasteiger partial charge >= 0.3 is 5.97 Å². The summed E-state index contributed by atoms with van der Waals surface area (Å²) in [6.07, 6.45) is 4.51. The number of carbonyl (C=O) groups excluding carboxylic acids is 2. The lowest BCUT2D eigenvalue weighted by atomic mass is 10.0. The highest BCUT2D eigenvalue weighted by Crippen LogP contribution is 2.21. The number of unbranched alkanes of at least 4 members (excludes halogenated alkanes) is 2. The highest BCUT2D eigenvalue weighted by Gasteiger charge is 2.10. The van der Waals surface area contributed by atoms with Gasteiger partial charge in [-0.05, 0) is 43.2 Å². The molecule has 0 fully saturated rings. The maximum atomic E-state index is 14.5. The van der Waals surface area contributed by atoms with Crippen LogP contribution in [0.2, 0.25) is 0 Å². The molecule has 0 unspecified atom stereocenters. The quantitative estimate of drug-likeness (QED) is 0.446. The second-order valence-electron chi connectivity index (χ2n) is 6.41. The number of anilines is 1. The zero-order chi connectivity index (χ0) is 18.7. The summed E-state index contributed by atoms with van der Waals surface area (Å²) in [6.45, 7) is 2.59. The van der Waals surface area contributed by atoms with Crippen LogP contribution in [-0.2, 0) is 20.7 Å². The molecule has 140 valence electrons. The first kappa shape index (κ1) is 20.9. The minimum Gasteiger partial charge on any atom is -0.469 e. The van der Waals surface area contributed by atoms with Crippen LogP contribution in [0.15, 0.2) is 18.2 Å². The van der Waals surface area contributed by atoms with Crippen molar-refractivity contribution in [3.63, 3.8) is 0 Å². The molecule has 0 bridgehead atoms. The topological polar surface area (TPSA) is 81.4 Å². The Morgan fingerprint density at radius 3 is 2.68 bits per heavy atom. The minimum atomic E-state index is -0.313. The molecule has 0 radical (unpaired) electrons. The predicted octanol–water partition coefficient (Wildman–Crippen LogP) is 3.42. The van der Waals surface area contributed by atoms with Gasteiger partial charge in [0.25, 0.3) is 0 Å². The molecule has 0 aliphatic rings. The molecule has 0 aliphatic heterocycles. The summed E-state index contributed by atoms with van der Waals surface area (Å²) in [7, 11) is 1.38. The molecular weight excluding hydrogens is 323 g/mol. The Kier molecular flexibility index (Phi) is 9.58. The number of methoxy groups -OCH3 is 1. The molecule has 0 aromatic heterocycles. The lowest BCUT2D eigenvalue weighted by molar-refractivity contribution is -0.140. The second kappa shape index (κ2) is 11.4. The Labute approximate surface area is 149 Å². The summed E-state index contributed by atoms with van der Waals surface area (Å²) in [5, 5.41) is 3.11. The average Bonchev–Trinajstić information content (AvgIpc) is 2.59. The molecule has 1 amide bonds. The van der Waals surface area contributed by atoms with Crippen LogP contribution in [0.3, 0.4) is 0 Å². The number of primary amides is 1. The molecule has 1 aromatic carbocycles. The Morgan fingerprint density at radius 2 is 2.00 bits per heavy atom. The fourth-order valence-corrected chi connectivity index (χ4v) is 2.55. The number of amides is 1. The van der Waals surface area contributed by atoms with Gasteiger partial charge in [-0.3, -0.25) is 9.59 Å². The zero-order valence-corrected chi connectivity index (χ0v) is 15.1. The fraction of sp³-hybridized carbons (Fsp3) is 0.579. The van der Waals surface area contributed by atoms with E-state index in [1.165, 1.54) is 7.11 Å².